The van der Waals surface area contributed by atoms with E-state index < -0.39 is 0 Å². The molecule has 3 aromatic rings. The minimum atomic E-state index is -0.245. The molecule has 1 fully saturated rings. The van der Waals surface area contributed by atoms with E-state index in [4.69, 9.17) is 9.31 Å². The van der Waals surface area contributed by atoms with Gasteiger partial charge in [0.2, 0.25) is 0 Å². The number of anilines is 2. The van der Waals surface area contributed by atoms with E-state index in [1.54, 1.807) is 0 Å². The van der Waals surface area contributed by atoms with Crippen molar-refractivity contribution in [2.45, 2.75) is 124 Å². The summed E-state index contributed by atoms with van der Waals surface area (Å²) in [6.45, 7) is 28.8. The van der Waals surface area contributed by atoms with E-state index in [0.717, 1.165) is 6.42 Å². The maximum absolute atomic E-state index is 5.91. The van der Waals surface area contributed by atoms with Gasteiger partial charge in [-0.3, -0.25) is 6.32 Å². The van der Waals surface area contributed by atoms with Gasteiger partial charge in [0.1, 0.15) is 0 Å². The molecule has 0 N–H and O–H groups in total. The van der Waals surface area contributed by atoms with Gasteiger partial charge in [0.05, 0.1) is 11.2 Å². The molecule has 3 aromatic carbocycles. The van der Waals surface area contributed by atoms with E-state index in [-0.39, 0.29) is 35.4 Å². The predicted octanol–water partition coefficient (Wildman–Crippen LogP) is 11.2. The molecule has 1 radical (unpaired) electrons. The third-order valence-electron chi connectivity index (χ3n) is 9.50. The van der Waals surface area contributed by atoms with Gasteiger partial charge < -0.3 is 19.1 Å². The molecule has 1 saturated heterocycles. The van der Waals surface area contributed by atoms with E-state index in [2.05, 4.69) is 167 Å². The van der Waals surface area contributed by atoms with E-state index in [9.17, 15) is 0 Å². The molecule has 2 heterocycles. The first-order valence-electron chi connectivity index (χ1n) is 17.2. The summed E-state index contributed by atoms with van der Waals surface area (Å²) < 4.78 is 11.8. The fourth-order valence-electron chi connectivity index (χ4n) is 6.07. The Hall–Kier alpha value is -2.50. The molecule has 0 atom stereocenters. The summed E-state index contributed by atoms with van der Waals surface area (Å²) in [5, 5.41) is 0. The Morgan fingerprint density at radius 2 is 0.957 bits per heavy atom. The van der Waals surface area contributed by atoms with E-state index >= 15 is 0 Å². The molecule has 0 saturated carbocycles. The molecule has 0 bridgehead atoms. The largest absolute Gasteiger partial charge is 2.00 e. The number of rotatable bonds is 9. The van der Waals surface area contributed by atoms with Gasteiger partial charge in [0.25, 0.3) is 7.12 Å². The van der Waals surface area contributed by atoms with Crippen LogP contribution in [-0.4, -0.2) is 18.3 Å². The number of benzene rings is 3. The molecule has 4 nitrogen and oxygen atoms in total. The molecule has 257 valence electrons. The van der Waals surface area contributed by atoms with Gasteiger partial charge >= 0.3 is 17.1 Å². The quantitative estimate of drug-likeness (QED) is 0.166. The van der Waals surface area contributed by atoms with E-state index in [1.165, 1.54) is 39.2 Å². The van der Waals surface area contributed by atoms with Gasteiger partial charge in [0, 0.05) is 11.4 Å². The number of para-hydroxylation sites is 2. The van der Waals surface area contributed by atoms with Crippen LogP contribution in [0.15, 0.2) is 79.1 Å². The van der Waals surface area contributed by atoms with Crippen LogP contribution in [0.25, 0.3) is 0 Å². The van der Waals surface area contributed by atoms with Crippen LogP contribution in [0.1, 0.15) is 135 Å². The van der Waals surface area contributed by atoms with Crippen molar-refractivity contribution in [1.82, 2.24) is 0 Å². The fraction of sp³-hybridized carbons (Fsp3) is 0.463. The maximum Gasteiger partial charge on any atom is 2.00 e. The van der Waals surface area contributed by atoms with Crippen molar-refractivity contribution in [2.24, 2.45) is 0 Å². The average Bonchev–Trinajstić information content (AvgIpc) is 3.56. The van der Waals surface area contributed by atoms with Gasteiger partial charge in [0.15, 0.2) is 0 Å². The summed E-state index contributed by atoms with van der Waals surface area (Å²) in [6.07, 6.45) is 7.39. The van der Waals surface area contributed by atoms with Crippen LogP contribution >= 0.6 is 0 Å². The summed E-state index contributed by atoms with van der Waals surface area (Å²) in [4.78, 5) is 4.65. The smallest absolute Gasteiger partial charge is 0.479 e. The second-order valence-electron chi connectivity index (χ2n) is 15.0. The topological polar surface area (TPSA) is 24.9 Å². The summed E-state index contributed by atoms with van der Waals surface area (Å²) >= 11 is 0. The third kappa shape index (κ3) is 9.15. The first-order chi connectivity index (χ1) is 21.6. The van der Waals surface area contributed by atoms with Gasteiger partial charge in [-0.2, -0.15) is 6.42 Å². The summed E-state index contributed by atoms with van der Waals surface area (Å²) in [6, 6.07) is 23.9. The van der Waals surface area contributed by atoms with Gasteiger partial charge in [-0.05, 0) is 86.0 Å². The average molecular weight is 684 g/mol. The van der Waals surface area contributed by atoms with Crippen molar-refractivity contribution in [3.8, 4) is 0 Å². The van der Waals surface area contributed by atoms with Gasteiger partial charge in [-0.15, -0.1) is 6.67 Å². The zero-order chi connectivity index (χ0) is 33.8. The molecule has 6 heteroatoms. The number of hydrogen-bond donors (Lipinski definition) is 0. The van der Waals surface area contributed by atoms with Crippen LogP contribution in [0, 0.1) is 13.0 Å². The Kier molecular flexibility index (Phi) is 13.5. The summed E-state index contributed by atoms with van der Waals surface area (Å²) in [7, 11) is -0.208. The fourth-order valence-corrected chi connectivity index (χ4v) is 6.07. The molecule has 0 aliphatic carbocycles. The molecule has 0 amide bonds. The van der Waals surface area contributed by atoms with Crippen molar-refractivity contribution in [2.75, 3.05) is 9.80 Å². The minimum Gasteiger partial charge on any atom is -0.479 e. The number of hydrogen-bond acceptors (Lipinski definition) is 4. The monoisotopic (exact) mass is 683 g/mol. The van der Waals surface area contributed by atoms with Crippen LogP contribution in [0.5, 0.6) is 0 Å². The minimum absolute atomic E-state index is 0. The van der Waals surface area contributed by atoms with E-state index in [0.29, 0.717) is 23.7 Å². The third-order valence-corrected chi connectivity index (χ3v) is 9.50. The molecule has 47 heavy (non-hydrogen) atoms. The Morgan fingerprint density at radius 3 is 1.30 bits per heavy atom. The van der Waals surface area contributed by atoms with Gasteiger partial charge in [-0.1, -0.05) is 128 Å². The first kappa shape index (κ1) is 38.9. The molecule has 2 aliphatic rings. The zero-order valence-corrected chi connectivity index (χ0v) is 31.7. The summed E-state index contributed by atoms with van der Waals surface area (Å²) in [5.74, 6) is 1.92. The second kappa shape index (κ2) is 16.3. The molecule has 0 unspecified atom stereocenters. The van der Waals surface area contributed by atoms with Crippen molar-refractivity contribution >= 4 is 18.5 Å². The molecule has 0 aromatic heterocycles. The number of nitrogens with zero attached hydrogens (tertiary/aromatic N) is 2. The molecule has 0 spiro atoms. The Balaban J connectivity index is 0.000000284. The Bertz CT molecular complexity index is 1330. The summed E-state index contributed by atoms with van der Waals surface area (Å²) in [5.41, 5.74) is 9.08. The Labute approximate surface area is 297 Å². The molecule has 2 aliphatic heterocycles. The van der Waals surface area contributed by atoms with Crippen LogP contribution in [-0.2, 0) is 32.8 Å². The standard InChI is InChI=1S/C27H37N2.C14H20BO2.Cu/c1-18(2)22-11-9-12-23(19(3)4)26(22)28-15-16-29(17-28)27-24(20(5)6)13-10-14-25(27)21(7)8;1-13(2)14(3,4)17-15(16-13)11-10-12-8-6-5-7-9-12;/h9-21H,1-8H3;5-9,11H,10H2,1-4H3;/q2*-1;+2. The SMILES string of the molecule is CC(C)c1cccc(C(C)C)c1N1C=CN(c2c(C(C)C)cccc2C(C)C)[CH-]1.CC1(C)OB([CH-]Cc2ccccc2)OC1(C)C.[Cu+2]. The van der Waals surface area contributed by atoms with Gasteiger partial charge in [-0.25, -0.2) is 0 Å². The maximum atomic E-state index is 5.91. The van der Waals surface area contributed by atoms with Crippen molar-refractivity contribution in [3.05, 3.63) is 120 Å². The molecule has 5 rings (SSSR count). The first-order valence-corrected chi connectivity index (χ1v) is 17.2. The second-order valence-corrected chi connectivity index (χ2v) is 15.0. The van der Waals surface area contributed by atoms with Crippen LogP contribution < -0.4 is 9.80 Å². The normalized spacial score (nSPS) is 16.7. The predicted molar refractivity (Wildman–Crippen MR) is 198 cm³/mol. The molecular formula is C41H57BCuN2O2. The van der Waals surface area contributed by atoms with Crippen LogP contribution in [0.4, 0.5) is 11.4 Å². The van der Waals surface area contributed by atoms with E-state index in [1.807, 2.05) is 18.2 Å². The van der Waals surface area contributed by atoms with Crippen LogP contribution in [0.2, 0.25) is 0 Å². The van der Waals surface area contributed by atoms with Crippen molar-refractivity contribution < 1.29 is 26.4 Å². The molecular weight excluding hydrogens is 627 g/mol. The Morgan fingerprint density at radius 1 is 0.596 bits per heavy atom. The van der Waals surface area contributed by atoms with Crippen molar-refractivity contribution in [3.63, 3.8) is 0 Å². The van der Waals surface area contributed by atoms with Crippen molar-refractivity contribution in [1.29, 1.82) is 0 Å². The van der Waals surface area contributed by atoms with Crippen LogP contribution in [0.3, 0.4) is 0 Å². The zero-order valence-electron chi connectivity index (χ0n) is 30.8.